The summed E-state index contributed by atoms with van der Waals surface area (Å²) in [6.45, 7) is 0. The largest absolute Gasteiger partial charge is 0.382 e. The number of rotatable bonds is 2. The summed E-state index contributed by atoms with van der Waals surface area (Å²) in [7, 11) is 0. The van der Waals surface area contributed by atoms with Crippen LogP contribution in [0.5, 0.6) is 0 Å². The fraction of sp³-hybridized carbons (Fsp3) is 0. The van der Waals surface area contributed by atoms with Crippen molar-refractivity contribution in [3.8, 4) is 22.5 Å². The second-order valence-corrected chi connectivity index (χ2v) is 4.67. The quantitative estimate of drug-likeness (QED) is 0.677. The Morgan fingerprint density at radius 3 is 2.65 bits per heavy atom. The number of halogens is 1. The molecule has 0 radical (unpaired) electrons. The number of aromatic amines is 2. The molecule has 0 saturated carbocycles. The Bertz CT molecular complexity index is 822. The standard InChI is InChI=1S/C14H11ClN4O/c15-9-5-2-1-4-8(9)12-13(18-19-14(12)16)10-6-3-7-11(20)17-10/h1-7H,(H,17,20)(H3,16,18,19). The summed E-state index contributed by atoms with van der Waals surface area (Å²) in [6.07, 6.45) is 0. The van der Waals surface area contributed by atoms with E-state index < -0.39 is 0 Å². The number of nitrogens with zero attached hydrogens (tertiary/aromatic N) is 1. The molecule has 0 atom stereocenters. The Morgan fingerprint density at radius 2 is 1.90 bits per heavy atom. The van der Waals surface area contributed by atoms with Crippen molar-refractivity contribution >= 4 is 17.4 Å². The SMILES string of the molecule is Nc1n[nH]c(-c2cccc(=O)[nH]2)c1-c1ccccc1Cl. The van der Waals surface area contributed by atoms with E-state index in [4.69, 9.17) is 17.3 Å². The fourth-order valence-corrected chi connectivity index (χ4v) is 2.31. The zero-order chi connectivity index (χ0) is 14.1. The van der Waals surface area contributed by atoms with Gasteiger partial charge in [-0.2, -0.15) is 5.10 Å². The van der Waals surface area contributed by atoms with Crippen LogP contribution >= 0.6 is 11.6 Å². The molecule has 6 heteroatoms. The Kier molecular flexibility index (Phi) is 3.04. The van der Waals surface area contributed by atoms with E-state index in [0.717, 1.165) is 5.56 Å². The lowest BCUT2D eigenvalue weighted by Crippen LogP contribution is -2.04. The minimum atomic E-state index is -0.194. The van der Waals surface area contributed by atoms with Gasteiger partial charge < -0.3 is 10.7 Å². The Labute approximate surface area is 119 Å². The maximum Gasteiger partial charge on any atom is 0.248 e. The van der Waals surface area contributed by atoms with Gasteiger partial charge in [0, 0.05) is 16.7 Å². The average molecular weight is 287 g/mol. The summed E-state index contributed by atoms with van der Waals surface area (Å²) in [5, 5.41) is 7.42. The van der Waals surface area contributed by atoms with Crippen molar-refractivity contribution in [1.29, 1.82) is 0 Å². The van der Waals surface area contributed by atoms with E-state index in [1.807, 2.05) is 18.2 Å². The Morgan fingerprint density at radius 1 is 1.10 bits per heavy atom. The van der Waals surface area contributed by atoms with E-state index in [-0.39, 0.29) is 5.56 Å². The van der Waals surface area contributed by atoms with Gasteiger partial charge in [0.25, 0.3) is 0 Å². The summed E-state index contributed by atoms with van der Waals surface area (Å²) >= 11 is 6.21. The molecule has 2 aromatic heterocycles. The van der Waals surface area contributed by atoms with Crippen LogP contribution in [0.4, 0.5) is 5.82 Å². The first-order chi connectivity index (χ1) is 9.66. The van der Waals surface area contributed by atoms with Gasteiger partial charge in [-0.3, -0.25) is 9.89 Å². The molecular formula is C14H11ClN4O. The molecular weight excluding hydrogens is 276 g/mol. The molecule has 100 valence electrons. The van der Waals surface area contributed by atoms with Crippen LogP contribution in [-0.4, -0.2) is 15.2 Å². The molecule has 0 saturated heterocycles. The topological polar surface area (TPSA) is 87.6 Å². The fourth-order valence-electron chi connectivity index (χ4n) is 2.08. The van der Waals surface area contributed by atoms with Gasteiger partial charge in [0.2, 0.25) is 5.56 Å². The van der Waals surface area contributed by atoms with E-state index in [1.54, 1.807) is 18.2 Å². The number of nitrogen functional groups attached to an aromatic ring is 1. The summed E-state index contributed by atoms with van der Waals surface area (Å²) in [6, 6.07) is 12.2. The van der Waals surface area contributed by atoms with E-state index >= 15 is 0 Å². The second-order valence-electron chi connectivity index (χ2n) is 4.27. The van der Waals surface area contributed by atoms with Gasteiger partial charge >= 0.3 is 0 Å². The van der Waals surface area contributed by atoms with Gasteiger partial charge in [-0.15, -0.1) is 0 Å². The molecule has 0 unspecified atom stereocenters. The molecule has 0 aliphatic carbocycles. The van der Waals surface area contributed by atoms with Crippen molar-refractivity contribution in [2.24, 2.45) is 0 Å². The highest BCUT2D eigenvalue weighted by Crippen LogP contribution is 2.37. The highest BCUT2D eigenvalue weighted by atomic mass is 35.5. The van der Waals surface area contributed by atoms with E-state index in [0.29, 0.717) is 27.8 Å². The molecule has 0 aliphatic rings. The van der Waals surface area contributed by atoms with Gasteiger partial charge in [0.05, 0.1) is 17.0 Å². The molecule has 0 aliphatic heterocycles. The number of pyridine rings is 1. The lowest BCUT2D eigenvalue weighted by molar-refractivity contribution is 1.09. The van der Waals surface area contributed by atoms with Gasteiger partial charge in [-0.1, -0.05) is 35.9 Å². The van der Waals surface area contributed by atoms with Crippen LogP contribution in [0.2, 0.25) is 5.02 Å². The monoisotopic (exact) mass is 286 g/mol. The van der Waals surface area contributed by atoms with Crippen molar-refractivity contribution in [1.82, 2.24) is 15.2 Å². The van der Waals surface area contributed by atoms with Crippen molar-refractivity contribution in [2.75, 3.05) is 5.73 Å². The predicted octanol–water partition coefficient (Wildman–Crippen LogP) is 2.67. The first kappa shape index (κ1) is 12.5. The van der Waals surface area contributed by atoms with Crippen LogP contribution in [0.1, 0.15) is 0 Å². The van der Waals surface area contributed by atoms with E-state index in [9.17, 15) is 4.79 Å². The third-order valence-electron chi connectivity index (χ3n) is 2.98. The number of hydrogen-bond acceptors (Lipinski definition) is 3. The minimum absolute atomic E-state index is 0.194. The van der Waals surface area contributed by atoms with Crippen LogP contribution in [0.15, 0.2) is 47.3 Å². The Balaban J connectivity index is 2.26. The van der Waals surface area contributed by atoms with Gasteiger partial charge in [-0.25, -0.2) is 0 Å². The molecule has 3 rings (SSSR count). The zero-order valence-electron chi connectivity index (χ0n) is 10.4. The molecule has 1 aromatic carbocycles. The maximum absolute atomic E-state index is 11.4. The van der Waals surface area contributed by atoms with Crippen molar-refractivity contribution in [3.05, 3.63) is 57.8 Å². The highest BCUT2D eigenvalue weighted by molar-refractivity contribution is 6.33. The molecule has 4 N–H and O–H groups in total. The Hall–Kier alpha value is -2.53. The number of hydrogen-bond donors (Lipinski definition) is 3. The summed E-state index contributed by atoms with van der Waals surface area (Å²) < 4.78 is 0. The molecule has 3 aromatic rings. The molecule has 0 fully saturated rings. The van der Waals surface area contributed by atoms with Crippen LogP contribution in [0, 0.1) is 0 Å². The first-order valence-electron chi connectivity index (χ1n) is 5.95. The van der Waals surface area contributed by atoms with Crippen LogP contribution in [0.25, 0.3) is 22.5 Å². The van der Waals surface area contributed by atoms with Crippen LogP contribution < -0.4 is 11.3 Å². The molecule has 20 heavy (non-hydrogen) atoms. The number of anilines is 1. The second kappa shape index (κ2) is 4.86. The van der Waals surface area contributed by atoms with Crippen LogP contribution in [-0.2, 0) is 0 Å². The summed E-state index contributed by atoms with van der Waals surface area (Å²) in [4.78, 5) is 14.2. The molecule has 0 amide bonds. The number of nitrogens with one attached hydrogen (secondary N) is 2. The van der Waals surface area contributed by atoms with Crippen molar-refractivity contribution in [2.45, 2.75) is 0 Å². The third-order valence-corrected chi connectivity index (χ3v) is 3.30. The smallest absolute Gasteiger partial charge is 0.248 e. The summed E-state index contributed by atoms with van der Waals surface area (Å²) in [5.74, 6) is 0.331. The summed E-state index contributed by atoms with van der Waals surface area (Å²) in [5.41, 5.74) is 8.41. The number of nitrogens with two attached hydrogens (primary N) is 1. The maximum atomic E-state index is 11.4. The minimum Gasteiger partial charge on any atom is -0.382 e. The lowest BCUT2D eigenvalue weighted by atomic mass is 10.0. The third kappa shape index (κ3) is 2.08. The molecule has 0 bridgehead atoms. The molecule has 5 nitrogen and oxygen atoms in total. The van der Waals surface area contributed by atoms with Crippen LogP contribution in [0.3, 0.4) is 0 Å². The predicted molar refractivity (Wildman–Crippen MR) is 79.5 cm³/mol. The van der Waals surface area contributed by atoms with E-state index in [2.05, 4.69) is 15.2 Å². The average Bonchev–Trinajstić information content (AvgIpc) is 2.81. The highest BCUT2D eigenvalue weighted by Gasteiger charge is 2.17. The molecule has 2 heterocycles. The number of aromatic nitrogens is 3. The van der Waals surface area contributed by atoms with Gasteiger partial charge in [-0.05, 0) is 12.1 Å². The normalized spacial score (nSPS) is 10.7. The molecule has 0 spiro atoms. The van der Waals surface area contributed by atoms with E-state index in [1.165, 1.54) is 6.07 Å². The van der Waals surface area contributed by atoms with Gasteiger partial charge in [0.1, 0.15) is 0 Å². The van der Waals surface area contributed by atoms with Crippen molar-refractivity contribution in [3.63, 3.8) is 0 Å². The lowest BCUT2D eigenvalue weighted by Gasteiger charge is -2.06. The van der Waals surface area contributed by atoms with Gasteiger partial charge in [0.15, 0.2) is 5.82 Å². The first-order valence-corrected chi connectivity index (χ1v) is 6.33. The number of benzene rings is 1. The van der Waals surface area contributed by atoms with Crippen molar-refractivity contribution < 1.29 is 0 Å². The number of H-pyrrole nitrogens is 2. The zero-order valence-corrected chi connectivity index (χ0v) is 11.1.